The van der Waals surface area contributed by atoms with Crippen molar-refractivity contribution in [3.05, 3.63) is 47.8 Å². The minimum Gasteiger partial charge on any atom is -0.397 e. The highest BCUT2D eigenvalue weighted by atomic mass is 15.0. The molecule has 0 radical (unpaired) electrons. The summed E-state index contributed by atoms with van der Waals surface area (Å²) in [7, 11) is 0. The van der Waals surface area contributed by atoms with E-state index in [2.05, 4.69) is 27.4 Å². The maximum atomic E-state index is 5.79. The van der Waals surface area contributed by atoms with Crippen LogP contribution in [0.1, 0.15) is 11.3 Å². The van der Waals surface area contributed by atoms with Gasteiger partial charge in [0, 0.05) is 16.6 Å². The van der Waals surface area contributed by atoms with Gasteiger partial charge in [-0.2, -0.15) is 0 Å². The van der Waals surface area contributed by atoms with Crippen LogP contribution in [0.15, 0.2) is 36.5 Å². The second-order valence-corrected chi connectivity index (χ2v) is 4.72. The number of hydrogen-bond donors (Lipinski definition) is 3. The van der Waals surface area contributed by atoms with Crippen molar-refractivity contribution in [3.8, 4) is 0 Å². The molecule has 0 aliphatic carbocycles. The number of benzene rings is 1. The van der Waals surface area contributed by atoms with E-state index in [0.717, 1.165) is 33.7 Å². The van der Waals surface area contributed by atoms with E-state index >= 15 is 0 Å². The summed E-state index contributed by atoms with van der Waals surface area (Å²) in [4.78, 5) is 7.67. The maximum absolute atomic E-state index is 5.79. The fourth-order valence-corrected chi connectivity index (χ4v) is 2.20. The van der Waals surface area contributed by atoms with Gasteiger partial charge in [0.25, 0.3) is 0 Å². The molecule has 0 amide bonds. The number of aromatic nitrogens is 2. The van der Waals surface area contributed by atoms with Crippen LogP contribution < -0.4 is 11.1 Å². The first-order valence-electron chi connectivity index (χ1n) is 6.21. The number of aromatic amines is 1. The average molecular weight is 252 g/mol. The normalized spacial score (nSPS) is 10.8. The smallest absolute Gasteiger partial charge is 0.130 e. The number of para-hydroxylation sites is 1. The number of hydrogen-bond acceptors (Lipinski definition) is 3. The summed E-state index contributed by atoms with van der Waals surface area (Å²) in [6, 6.07) is 10.2. The third kappa shape index (κ3) is 2.01. The number of nitrogens with zero attached hydrogens (tertiary/aromatic N) is 1. The number of nitrogens with one attached hydrogen (secondary N) is 2. The van der Waals surface area contributed by atoms with E-state index in [4.69, 9.17) is 5.73 Å². The Kier molecular flexibility index (Phi) is 2.63. The highest BCUT2D eigenvalue weighted by Crippen LogP contribution is 2.29. The molecule has 4 nitrogen and oxygen atoms in total. The Morgan fingerprint density at radius 3 is 2.79 bits per heavy atom. The first kappa shape index (κ1) is 11.6. The zero-order valence-electron chi connectivity index (χ0n) is 11.0. The van der Waals surface area contributed by atoms with Crippen LogP contribution in [0.4, 0.5) is 17.2 Å². The van der Waals surface area contributed by atoms with Crippen LogP contribution in [-0.2, 0) is 0 Å². The van der Waals surface area contributed by atoms with Gasteiger partial charge in [-0.1, -0.05) is 18.2 Å². The van der Waals surface area contributed by atoms with Crippen molar-refractivity contribution in [2.24, 2.45) is 0 Å². The molecule has 0 fully saturated rings. The first-order chi connectivity index (χ1) is 9.15. The number of aryl methyl sites for hydroxylation is 2. The van der Waals surface area contributed by atoms with Gasteiger partial charge in [-0.3, -0.25) is 0 Å². The van der Waals surface area contributed by atoms with Gasteiger partial charge in [0.2, 0.25) is 0 Å². The van der Waals surface area contributed by atoms with Crippen molar-refractivity contribution in [1.82, 2.24) is 9.97 Å². The van der Waals surface area contributed by atoms with E-state index < -0.39 is 0 Å². The molecule has 2 heterocycles. The van der Waals surface area contributed by atoms with E-state index in [1.54, 1.807) is 6.20 Å². The summed E-state index contributed by atoms with van der Waals surface area (Å²) >= 11 is 0. The molecule has 1 aromatic carbocycles. The quantitative estimate of drug-likeness (QED) is 0.654. The molecule has 0 unspecified atom stereocenters. The molecule has 0 saturated carbocycles. The fourth-order valence-electron chi connectivity index (χ4n) is 2.20. The lowest BCUT2D eigenvalue weighted by Gasteiger charge is -2.07. The van der Waals surface area contributed by atoms with Crippen molar-refractivity contribution < 1.29 is 0 Å². The molecule has 2 aromatic heterocycles. The Morgan fingerprint density at radius 1 is 1.21 bits per heavy atom. The Bertz CT molecular complexity index is 743. The predicted octanol–water partition coefficient (Wildman–Crippen LogP) is 3.51. The number of nitrogen functional groups attached to an aromatic ring is 1. The van der Waals surface area contributed by atoms with E-state index in [0.29, 0.717) is 5.69 Å². The Hall–Kier alpha value is -2.49. The van der Waals surface area contributed by atoms with Gasteiger partial charge in [0.1, 0.15) is 5.82 Å². The number of H-pyrrole nitrogens is 1. The van der Waals surface area contributed by atoms with Crippen molar-refractivity contribution in [3.63, 3.8) is 0 Å². The van der Waals surface area contributed by atoms with Crippen LogP contribution in [0, 0.1) is 13.8 Å². The first-order valence-corrected chi connectivity index (χ1v) is 6.21. The van der Waals surface area contributed by atoms with E-state index in [1.165, 1.54) is 0 Å². The van der Waals surface area contributed by atoms with Gasteiger partial charge >= 0.3 is 0 Å². The van der Waals surface area contributed by atoms with Crippen molar-refractivity contribution >= 4 is 28.1 Å². The Morgan fingerprint density at radius 2 is 2.00 bits per heavy atom. The summed E-state index contributed by atoms with van der Waals surface area (Å²) in [5.41, 5.74) is 10.8. The molecule has 0 spiro atoms. The molecular weight excluding hydrogens is 236 g/mol. The Labute approximate surface area is 111 Å². The summed E-state index contributed by atoms with van der Waals surface area (Å²) in [6.07, 6.45) is 1.68. The molecule has 0 aliphatic rings. The van der Waals surface area contributed by atoms with Gasteiger partial charge < -0.3 is 16.0 Å². The molecule has 0 bridgehead atoms. The van der Waals surface area contributed by atoms with Gasteiger partial charge in [-0.15, -0.1) is 0 Å². The van der Waals surface area contributed by atoms with Gasteiger partial charge in [0.15, 0.2) is 0 Å². The van der Waals surface area contributed by atoms with E-state index in [1.807, 2.05) is 32.0 Å². The minimum absolute atomic E-state index is 0.709. The topological polar surface area (TPSA) is 66.7 Å². The van der Waals surface area contributed by atoms with Crippen LogP contribution in [0.2, 0.25) is 0 Å². The summed E-state index contributed by atoms with van der Waals surface area (Å²) < 4.78 is 0. The molecule has 96 valence electrons. The highest BCUT2D eigenvalue weighted by Gasteiger charge is 2.08. The Balaban J connectivity index is 2.05. The molecule has 0 atom stereocenters. The third-order valence-corrected chi connectivity index (χ3v) is 3.30. The predicted molar refractivity (Wildman–Crippen MR) is 79.7 cm³/mol. The van der Waals surface area contributed by atoms with Crippen LogP contribution in [0.3, 0.4) is 0 Å². The molecule has 4 N–H and O–H groups in total. The summed E-state index contributed by atoms with van der Waals surface area (Å²) in [6.45, 7) is 4.02. The van der Waals surface area contributed by atoms with E-state index in [9.17, 15) is 0 Å². The number of pyridine rings is 1. The van der Waals surface area contributed by atoms with Crippen LogP contribution in [0.5, 0.6) is 0 Å². The van der Waals surface area contributed by atoms with Crippen molar-refractivity contribution in [2.75, 3.05) is 11.1 Å². The molecule has 3 rings (SSSR count). The molecular formula is C15H16N4. The molecule has 4 heteroatoms. The second kappa shape index (κ2) is 4.31. The highest BCUT2D eigenvalue weighted by molar-refractivity contribution is 5.95. The monoisotopic (exact) mass is 252 g/mol. The standard InChI is InChI=1S/C15H16N4/c1-9-7-14(17-8-12(9)16)19-15-10(2)18-13-6-4-3-5-11(13)15/h3-8,18H,16H2,1-2H3,(H,17,19). The number of nitrogens with two attached hydrogens (primary N) is 1. The lowest BCUT2D eigenvalue weighted by atomic mass is 10.2. The number of fused-ring (bicyclic) bond motifs is 1. The average Bonchev–Trinajstić information content (AvgIpc) is 2.71. The molecule has 0 aliphatic heterocycles. The van der Waals surface area contributed by atoms with Crippen molar-refractivity contribution in [2.45, 2.75) is 13.8 Å². The fraction of sp³-hybridized carbons (Fsp3) is 0.133. The molecule has 3 aromatic rings. The van der Waals surface area contributed by atoms with Crippen LogP contribution >= 0.6 is 0 Å². The van der Waals surface area contributed by atoms with Crippen molar-refractivity contribution in [1.29, 1.82) is 0 Å². The summed E-state index contributed by atoms with van der Waals surface area (Å²) in [5, 5.41) is 4.53. The molecule has 19 heavy (non-hydrogen) atoms. The number of anilines is 3. The zero-order valence-corrected chi connectivity index (χ0v) is 11.0. The van der Waals surface area contributed by atoms with E-state index in [-0.39, 0.29) is 0 Å². The van der Waals surface area contributed by atoms with Crippen LogP contribution in [0.25, 0.3) is 10.9 Å². The largest absolute Gasteiger partial charge is 0.397 e. The van der Waals surface area contributed by atoms with Gasteiger partial charge in [-0.05, 0) is 31.5 Å². The lowest BCUT2D eigenvalue weighted by Crippen LogP contribution is -1.97. The minimum atomic E-state index is 0.709. The molecule has 0 saturated heterocycles. The third-order valence-electron chi connectivity index (χ3n) is 3.30. The number of rotatable bonds is 2. The zero-order chi connectivity index (χ0) is 13.4. The maximum Gasteiger partial charge on any atom is 0.130 e. The second-order valence-electron chi connectivity index (χ2n) is 4.72. The van der Waals surface area contributed by atoms with Gasteiger partial charge in [0.05, 0.1) is 17.6 Å². The lowest BCUT2D eigenvalue weighted by molar-refractivity contribution is 1.25. The SMILES string of the molecule is Cc1cc(Nc2c(C)[nH]c3ccccc23)ncc1N. The van der Waals surface area contributed by atoms with Gasteiger partial charge in [-0.25, -0.2) is 4.98 Å². The summed E-state index contributed by atoms with van der Waals surface area (Å²) in [5.74, 6) is 0.805. The van der Waals surface area contributed by atoms with Crippen LogP contribution in [-0.4, -0.2) is 9.97 Å².